The van der Waals surface area contributed by atoms with Gasteiger partial charge in [-0.3, -0.25) is 9.59 Å². The fourth-order valence-corrected chi connectivity index (χ4v) is 4.75. The molecule has 2 aliphatic rings. The third kappa shape index (κ3) is 6.60. The lowest BCUT2D eigenvalue weighted by Crippen LogP contribution is -2.36. The highest BCUT2D eigenvalue weighted by molar-refractivity contribution is 6.00. The molecular formula is C29H34N6O3. The Kier molecular flexibility index (Phi) is 8.35. The Morgan fingerprint density at radius 3 is 2.55 bits per heavy atom. The Morgan fingerprint density at radius 2 is 1.76 bits per heavy atom. The lowest BCUT2D eigenvalue weighted by Gasteiger charge is -2.28. The number of hydrogen-bond donors (Lipinski definition) is 3. The Morgan fingerprint density at radius 1 is 0.947 bits per heavy atom. The first-order valence-electron chi connectivity index (χ1n) is 13.2. The second kappa shape index (κ2) is 12.4. The summed E-state index contributed by atoms with van der Waals surface area (Å²) in [6, 6.07) is 19.5. The minimum absolute atomic E-state index is 0.145. The number of benzene rings is 2. The van der Waals surface area contributed by atoms with Crippen LogP contribution in [0.4, 0.5) is 28.6 Å². The molecule has 0 unspecified atom stereocenters. The van der Waals surface area contributed by atoms with E-state index in [0.29, 0.717) is 36.6 Å². The zero-order valence-electron chi connectivity index (χ0n) is 21.5. The molecule has 0 bridgehead atoms. The van der Waals surface area contributed by atoms with Crippen molar-refractivity contribution in [3.63, 3.8) is 0 Å². The smallest absolute Gasteiger partial charge is 0.253 e. The van der Waals surface area contributed by atoms with Gasteiger partial charge in [0.05, 0.1) is 24.5 Å². The molecule has 3 heterocycles. The molecule has 3 aromatic rings. The minimum atomic E-state index is -0.145. The van der Waals surface area contributed by atoms with E-state index < -0.39 is 0 Å². The Hall–Kier alpha value is -4.11. The van der Waals surface area contributed by atoms with Crippen molar-refractivity contribution in [2.45, 2.75) is 19.3 Å². The predicted molar refractivity (Wildman–Crippen MR) is 149 cm³/mol. The molecule has 9 heteroatoms. The van der Waals surface area contributed by atoms with E-state index in [0.717, 1.165) is 57.1 Å². The van der Waals surface area contributed by atoms with Crippen LogP contribution >= 0.6 is 0 Å². The van der Waals surface area contributed by atoms with Gasteiger partial charge in [0.2, 0.25) is 5.91 Å². The number of nitrogens with zero attached hydrogens (tertiary/aromatic N) is 3. The third-order valence-corrected chi connectivity index (χ3v) is 6.79. The summed E-state index contributed by atoms with van der Waals surface area (Å²) < 4.78 is 5.44. The van der Waals surface area contributed by atoms with E-state index in [9.17, 15) is 9.59 Å². The van der Waals surface area contributed by atoms with E-state index in [-0.39, 0.29) is 11.8 Å². The number of para-hydroxylation sites is 1. The normalized spacial score (nSPS) is 15.4. The largest absolute Gasteiger partial charge is 0.378 e. The monoisotopic (exact) mass is 514 g/mol. The van der Waals surface area contributed by atoms with E-state index in [4.69, 9.17) is 4.74 Å². The van der Waals surface area contributed by atoms with Crippen LogP contribution in [0.25, 0.3) is 0 Å². The fourth-order valence-electron chi connectivity index (χ4n) is 4.75. The molecule has 0 spiro atoms. The maximum absolute atomic E-state index is 12.9. The summed E-state index contributed by atoms with van der Waals surface area (Å²) in [6.07, 6.45) is 4.03. The second-order valence-electron chi connectivity index (χ2n) is 9.47. The number of nitrogens with one attached hydrogen (secondary N) is 3. The molecule has 2 amide bonds. The number of pyridine rings is 1. The highest BCUT2D eigenvalue weighted by Crippen LogP contribution is 2.25. The summed E-state index contributed by atoms with van der Waals surface area (Å²) in [4.78, 5) is 33.3. The number of likely N-dealkylation sites (tertiary alicyclic amines) is 1. The zero-order valence-corrected chi connectivity index (χ0v) is 21.5. The number of anilines is 5. The molecule has 5 rings (SSSR count). The molecule has 2 fully saturated rings. The van der Waals surface area contributed by atoms with Crippen molar-refractivity contribution in [2.24, 2.45) is 0 Å². The minimum Gasteiger partial charge on any atom is -0.378 e. The number of aromatic nitrogens is 1. The summed E-state index contributed by atoms with van der Waals surface area (Å²) >= 11 is 0. The van der Waals surface area contributed by atoms with Crippen LogP contribution in [-0.4, -0.2) is 67.6 Å². The van der Waals surface area contributed by atoms with Gasteiger partial charge in [-0.05, 0) is 55.3 Å². The Labute approximate surface area is 223 Å². The van der Waals surface area contributed by atoms with Gasteiger partial charge < -0.3 is 30.5 Å². The van der Waals surface area contributed by atoms with Crippen molar-refractivity contribution in [3.8, 4) is 0 Å². The first-order chi connectivity index (χ1) is 18.7. The number of rotatable bonds is 10. The van der Waals surface area contributed by atoms with Crippen LogP contribution in [0.5, 0.6) is 0 Å². The first-order valence-corrected chi connectivity index (χ1v) is 13.2. The molecule has 2 aromatic carbocycles. The highest BCUT2D eigenvalue weighted by Gasteiger charge is 2.19. The average Bonchev–Trinajstić information content (AvgIpc) is 3.37. The van der Waals surface area contributed by atoms with Gasteiger partial charge in [0, 0.05) is 68.5 Å². The van der Waals surface area contributed by atoms with E-state index in [2.05, 4.69) is 38.0 Å². The quantitative estimate of drug-likeness (QED) is 0.350. The first kappa shape index (κ1) is 25.5. The molecule has 0 radical (unpaired) electrons. The Bertz CT molecular complexity index is 1240. The van der Waals surface area contributed by atoms with Gasteiger partial charge >= 0.3 is 0 Å². The van der Waals surface area contributed by atoms with E-state index in [1.807, 2.05) is 47.4 Å². The van der Waals surface area contributed by atoms with E-state index >= 15 is 0 Å². The lowest BCUT2D eigenvalue weighted by molar-refractivity contribution is -0.127. The number of ether oxygens (including phenoxy) is 1. The van der Waals surface area contributed by atoms with Crippen LogP contribution in [0.1, 0.15) is 29.6 Å². The third-order valence-electron chi connectivity index (χ3n) is 6.79. The standard InChI is InChI=1S/C29H34N6O3/c36-28-7-3-15-35(28)16-4-13-31-29(37)25-5-1-2-6-26(25)32-23-12-14-30-27(21-23)33-22-8-10-24(11-9-22)34-17-19-38-20-18-34/h1-2,5-6,8-12,14,21H,3-4,7,13,15-20H2,(H,31,37)(H2,30,32,33). The van der Waals surface area contributed by atoms with Gasteiger partial charge in [-0.15, -0.1) is 0 Å². The molecule has 0 aliphatic carbocycles. The maximum Gasteiger partial charge on any atom is 0.253 e. The molecule has 198 valence electrons. The number of carbonyl (C=O) groups excluding carboxylic acids is 2. The number of morpholine rings is 1. The van der Waals surface area contributed by atoms with Gasteiger partial charge in [-0.1, -0.05) is 12.1 Å². The zero-order chi connectivity index (χ0) is 26.2. The van der Waals surface area contributed by atoms with Gasteiger partial charge in [0.15, 0.2) is 0 Å². The van der Waals surface area contributed by atoms with Crippen LogP contribution < -0.4 is 20.9 Å². The number of hydrogen-bond acceptors (Lipinski definition) is 7. The highest BCUT2D eigenvalue weighted by atomic mass is 16.5. The van der Waals surface area contributed by atoms with Crippen molar-refractivity contribution in [2.75, 3.05) is 61.5 Å². The van der Waals surface area contributed by atoms with Crippen LogP contribution in [0.15, 0.2) is 66.9 Å². The summed E-state index contributed by atoms with van der Waals surface area (Å²) in [5.74, 6) is 0.767. The summed E-state index contributed by atoms with van der Waals surface area (Å²) in [5.41, 5.74) is 4.23. The fraction of sp³-hybridized carbons (Fsp3) is 0.345. The van der Waals surface area contributed by atoms with Crippen molar-refractivity contribution in [1.82, 2.24) is 15.2 Å². The van der Waals surface area contributed by atoms with Crippen LogP contribution in [-0.2, 0) is 9.53 Å². The number of carbonyl (C=O) groups is 2. The lowest BCUT2D eigenvalue weighted by atomic mass is 10.1. The molecule has 3 N–H and O–H groups in total. The molecule has 2 aliphatic heterocycles. The molecule has 0 saturated carbocycles. The van der Waals surface area contributed by atoms with Crippen LogP contribution in [0, 0.1) is 0 Å². The molecular weight excluding hydrogens is 480 g/mol. The van der Waals surface area contributed by atoms with Crippen molar-refractivity contribution >= 4 is 40.4 Å². The molecule has 0 atom stereocenters. The van der Waals surface area contributed by atoms with Gasteiger partial charge in [-0.25, -0.2) is 4.98 Å². The summed E-state index contributed by atoms with van der Waals surface area (Å²) in [5, 5.41) is 9.70. The van der Waals surface area contributed by atoms with Crippen molar-refractivity contribution in [1.29, 1.82) is 0 Å². The van der Waals surface area contributed by atoms with E-state index in [1.165, 1.54) is 5.69 Å². The topological polar surface area (TPSA) is 98.8 Å². The summed E-state index contributed by atoms with van der Waals surface area (Å²) in [7, 11) is 0. The Balaban J connectivity index is 1.17. The maximum atomic E-state index is 12.9. The predicted octanol–water partition coefficient (Wildman–Crippen LogP) is 4.15. The van der Waals surface area contributed by atoms with Crippen LogP contribution in [0.3, 0.4) is 0 Å². The number of amides is 2. The second-order valence-corrected chi connectivity index (χ2v) is 9.47. The van der Waals surface area contributed by atoms with E-state index in [1.54, 1.807) is 12.3 Å². The average molecular weight is 515 g/mol. The molecule has 1 aromatic heterocycles. The van der Waals surface area contributed by atoms with Gasteiger partial charge in [-0.2, -0.15) is 0 Å². The van der Waals surface area contributed by atoms with Crippen molar-refractivity contribution in [3.05, 3.63) is 72.4 Å². The molecule has 9 nitrogen and oxygen atoms in total. The van der Waals surface area contributed by atoms with Crippen LogP contribution in [0.2, 0.25) is 0 Å². The molecule has 38 heavy (non-hydrogen) atoms. The van der Waals surface area contributed by atoms with Crippen molar-refractivity contribution < 1.29 is 14.3 Å². The summed E-state index contributed by atoms with van der Waals surface area (Å²) in [6.45, 7) is 5.35. The molecule has 2 saturated heterocycles. The van der Waals surface area contributed by atoms with Gasteiger partial charge in [0.1, 0.15) is 5.82 Å². The SMILES string of the molecule is O=C(NCCCN1CCCC1=O)c1ccccc1Nc1ccnc(Nc2ccc(N3CCOCC3)cc2)c1. The van der Waals surface area contributed by atoms with Gasteiger partial charge in [0.25, 0.3) is 5.91 Å².